The summed E-state index contributed by atoms with van der Waals surface area (Å²) in [5.41, 5.74) is 1.69. The van der Waals surface area contributed by atoms with Gasteiger partial charge in [0, 0.05) is 37.0 Å². The second kappa shape index (κ2) is 7.81. The minimum absolute atomic E-state index is 0.576. The Hall–Kier alpha value is -1.52. The number of benzene rings is 1. The van der Waals surface area contributed by atoms with Gasteiger partial charge in [-0.15, -0.1) is 0 Å². The lowest BCUT2D eigenvalue weighted by Gasteiger charge is -2.21. The van der Waals surface area contributed by atoms with Crippen molar-refractivity contribution in [3.8, 4) is 0 Å². The van der Waals surface area contributed by atoms with Crippen LogP contribution in [0.25, 0.3) is 6.08 Å². The van der Waals surface area contributed by atoms with Gasteiger partial charge in [0.1, 0.15) is 0 Å². The largest absolute Gasteiger partial charge is 0.478 e. The first kappa shape index (κ1) is 15.5. The minimum Gasteiger partial charge on any atom is -0.478 e. The fourth-order valence-corrected chi connectivity index (χ4v) is 1.81. The number of halogens is 1. The molecule has 0 saturated carbocycles. The maximum absolute atomic E-state index is 10.6. The predicted octanol–water partition coefficient (Wildman–Crippen LogP) is 2.91. The summed E-state index contributed by atoms with van der Waals surface area (Å²) in [5, 5.41) is 9.27. The van der Waals surface area contributed by atoms with Crippen molar-refractivity contribution in [3.05, 3.63) is 34.9 Å². The van der Waals surface area contributed by atoms with Crippen molar-refractivity contribution in [1.29, 1.82) is 0 Å². The van der Waals surface area contributed by atoms with Gasteiger partial charge in [-0.05, 0) is 36.8 Å². The molecule has 104 valence electrons. The number of anilines is 1. The van der Waals surface area contributed by atoms with Crippen LogP contribution in [0.4, 0.5) is 5.69 Å². The molecule has 0 aromatic heterocycles. The molecule has 0 atom stereocenters. The van der Waals surface area contributed by atoms with Crippen LogP contribution in [0.2, 0.25) is 5.02 Å². The van der Waals surface area contributed by atoms with E-state index in [9.17, 15) is 4.79 Å². The highest BCUT2D eigenvalue weighted by atomic mass is 35.5. The third-order valence-electron chi connectivity index (χ3n) is 2.58. The Bertz CT molecular complexity index is 460. The van der Waals surface area contributed by atoms with Gasteiger partial charge in [-0.3, -0.25) is 0 Å². The van der Waals surface area contributed by atoms with Crippen LogP contribution in [-0.2, 0) is 9.53 Å². The summed E-state index contributed by atoms with van der Waals surface area (Å²) in [6.45, 7) is 3.98. The minimum atomic E-state index is -0.983. The van der Waals surface area contributed by atoms with Crippen molar-refractivity contribution >= 4 is 29.3 Å². The van der Waals surface area contributed by atoms with Crippen molar-refractivity contribution < 1.29 is 14.6 Å². The molecule has 4 nitrogen and oxygen atoms in total. The molecular weight excluding hydrogens is 266 g/mol. The number of aliphatic carboxylic acids is 1. The summed E-state index contributed by atoms with van der Waals surface area (Å²) in [6, 6.07) is 5.40. The highest BCUT2D eigenvalue weighted by molar-refractivity contribution is 6.30. The molecule has 0 saturated heterocycles. The summed E-state index contributed by atoms with van der Waals surface area (Å²) >= 11 is 5.94. The molecule has 0 spiro atoms. The number of rotatable bonds is 7. The Balaban J connectivity index is 2.89. The van der Waals surface area contributed by atoms with Gasteiger partial charge in [-0.25, -0.2) is 4.79 Å². The number of carboxylic acid groups (broad SMARTS) is 1. The van der Waals surface area contributed by atoms with E-state index in [1.54, 1.807) is 18.2 Å². The van der Waals surface area contributed by atoms with Gasteiger partial charge in [0.2, 0.25) is 0 Å². The van der Waals surface area contributed by atoms with E-state index in [-0.39, 0.29) is 0 Å². The zero-order chi connectivity index (χ0) is 14.3. The van der Waals surface area contributed by atoms with E-state index in [4.69, 9.17) is 21.4 Å². The first-order valence-electron chi connectivity index (χ1n) is 6.04. The maximum atomic E-state index is 10.6. The second-order valence-electron chi connectivity index (χ2n) is 3.99. The molecule has 1 N–H and O–H groups in total. The van der Waals surface area contributed by atoms with Gasteiger partial charge in [-0.1, -0.05) is 11.6 Å². The zero-order valence-corrected chi connectivity index (χ0v) is 11.9. The van der Waals surface area contributed by atoms with Gasteiger partial charge >= 0.3 is 5.97 Å². The quantitative estimate of drug-likeness (QED) is 0.617. The molecule has 1 aromatic rings. The van der Waals surface area contributed by atoms with Crippen molar-refractivity contribution in [2.24, 2.45) is 0 Å². The molecule has 0 aliphatic rings. The van der Waals surface area contributed by atoms with Gasteiger partial charge < -0.3 is 14.7 Å². The lowest BCUT2D eigenvalue weighted by atomic mass is 10.1. The molecule has 0 fully saturated rings. The van der Waals surface area contributed by atoms with Crippen molar-refractivity contribution in [2.75, 3.05) is 31.7 Å². The van der Waals surface area contributed by atoms with Crippen LogP contribution in [-0.4, -0.2) is 37.9 Å². The van der Waals surface area contributed by atoms with Gasteiger partial charge in [0.25, 0.3) is 0 Å². The Labute approximate surface area is 118 Å². The Kier molecular flexibility index (Phi) is 6.39. The SMILES string of the molecule is CCOCCN(C)c1ccc(Cl)cc1/C=C/C(=O)O. The summed E-state index contributed by atoms with van der Waals surface area (Å²) < 4.78 is 5.31. The van der Waals surface area contributed by atoms with Gasteiger partial charge in [0.15, 0.2) is 0 Å². The number of likely N-dealkylation sites (N-methyl/N-ethyl adjacent to an activating group) is 1. The fraction of sp³-hybridized carbons (Fsp3) is 0.357. The van der Waals surface area contributed by atoms with Crippen LogP contribution < -0.4 is 4.90 Å². The summed E-state index contributed by atoms with van der Waals surface area (Å²) in [7, 11) is 1.93. The lowest BCUT2D eigenvalue weighted by molar-refractivity contribution is -0.131. The highest BCUT2D eigenvalue weighted by Gasteiger charge is 2.06. The van der Waals surface area contributed by atoms with Crippen LogP contribution >= 0.6 is 11.6 Å². The molecule has 0 aliphatic heterocycles. The van der Waals surface area contributed by atoms with Gasteiger partial charge in [-0.2, -0.15) is 0 Å². The van der Waals surface area contributed by atoms with E-state index in [1.165, 1.54) is 0 Å². The van der Waals surface area contributed by atoms with Crippen LogP contribution in [0.3, 0.4) is 0 Å². The average Bonchev–Trinajstić information content (AvgIpc) is 2.36. The molecule has 5 heteroatoms. The van der Waals surface area contributed by atoms with Crippen LogP contribution in [0.1, 0.15) is 12.5 Å². The first-order chi connectivity index (χ1) is 9.04. The van der Waals surface area contributed by atoms with E-state index < -0.39 is 5.97 Å². The Morgan fingerprint density at radius 2 is 2.26 bits per heavy atom. The van der Waals surface area contributed by atoms with Crippen LogP contribution in [0.15, 0.2) is 24.3 Å². The molecule has 19 heavy (non-hydrogen) atoms. The standard InChI is InChI=1S/C14H18ClNO3/c1-3-19-9-8-16(2)13-6-5-12(15)10-11(13)4-7-14(17)18/h4-7,10H,3,8-9H2,1-2H3,(H,17,18)/b7-4+. The molecule has 0 bridgehead atoms. The monoisotopic (exact) mass is 283 g/mol. The zero-order valence-electron chi connectivity index (χ0n) is 11.1. The van der Waals surface area contributed by atoms with E-state index in [0.29, 0.717) is 18.2 Å². The van der Waals surface area contributed by atoms with Crippen LogP contribution in [0.5, 0.6) is 0 Å². The number of hydrogen-bond acceptors (Lipinski definition) is 3. The van der Waals surface area contributed by atoms with E-state index in [1.807, 2.05) is 24.9 Å². The summed E-state index contributed by atoms with van der Waals surface area (Å²) in [5.74, 6) is -0.983. The molecule has 0 unspecified atom stereocenters. The van der Waals surface area contributed by atoms with Crippen molar-refractivity contribution in [2.45, 2.75) is 6.92 Å². The number of carboxylic acids is 1. The Morgan fingerprint density at radius 1 is 1.53 bits per heavy atom. The normalized spacial score (nSPS) is 10.9. The second-order valence-corrected chi connectivity index (χ2v) is 4.43. The molecule has 0 amide bonds. The number of hydrogen-bond donors (Lipinski definition) is 1. The fourth-order valence-electron chi connectivity index (χ4n) is 1.63. The smallest absolute Gasteiger partial charge is 0.328 e. The lowest BCUT2D eigenvalue weighted by Crippen LogP contribution is -2.23. The topological polar surface area (TPSA) is 49.8 Å². The average molecular weight is 284 g/mol. The summed E-state index contributed by atoms with van der Waals surface area (Å²) in [4.78, 5) is 12.6. The van der Waals surface area contributed by atoms with E-state index >= 15 is 0 Å². The number of nitrogens with zero attached hydrogens (tertiary/aromatic N) is 1. The van der Waals surface area contributed by atoms with Crippen molar-refractivity contribution in [3.63, 3.8) is 0 Å². The molecule has 0 heterocycles. The number of ether oxygens (including phenoxy) is 1. The summed E-state index contributed by atoms with van der Waals surface area (Å²) in [6.07, 6.45) is 2.65. The highest BCUT2D eigenvalue weighted by Crippen LogP contribution is 2.24. The Morgan fingerprint density at radius 3 is 2.89 bits per heavy atom. The molecule has 1 aromatic carbocycles. The van der Waals surface area contributed by atoms with Crippen LogP contribution in [0, 0.1) is 0 Å². The van der Waals surface area contributed by atoms with E-state index in [2.05, 4.69) is 0 Å². The first-order valence-corrected chi connectivity index (χ1v) is 6.41. The predicted molar refractivity (Wildman–Crippen MR) is 77.9 cm³/mol. The molecule has 0 aliphatic carbocycles. The van der Waals surface area contributed by atoms with Gasteiger partial charge in [0.05, 0.1) is 6.61 Å². The molecule has 1 rings (SSSR count). The molecule has 0 radical (unpaired) electrons. The van der Waals surface area contributed by atoms with Crippen molar-refractivity contribution in [1.82, 2.24) is 0 Å². The third-order valence-corrected chi connectivity index (χ3v) is 2.82. The van der Waals surface area contributed by atoms with E-state index in [0.717, 1.165) is 23.9 Å². The maximum Gasteiger partial charge on any atom is 0.328 e. The third kappa shape index (κ3) is 5.32. The number of carbonyl (C=O) groups is 1. The molecular formula is C14H18ClNO3.